The van der Waals surface area contributed by atoms with Crippen molar-refractivity contribution in [2.24, 2.45) is 0 Å². The lowest BCUT2D eigenvalue weighted by Gasteiger charge is -2.09. The molecular formula is C11H17N3O. The Kier molecular flexibility index (Phi) is 3.50. The molecule has 0 aliphatic heterocycles. The SMILES string of the molecule is OCCNc1cc(C2CCCC2)ncn1. The lowest BCUT2D eigenvalue weighted by atomic mass is 10.0. The molecule has 1 aromatic heterocycles. The van der Waals surface area contributed by atoms with Crippen molar-refractivity contribution in [1.82, 2.24) is 9.97 Å². The van der Waals surface area contributed by atoms with Gasteiger partial charge >= 0.3 is 0 Å². The summed E-state index contributed by atoms with van der Waals surface area (Å²) in [7, 11) is 0. The van der Waals surface area contributed by atoms with Gasteiger partial charge < -0.3 is 10.4 Å². The first-order valence-corrected chi connectivity index (χ1v) is 5.57. The highest BCUT2D eigenvalue weighted by Crippen LogP contribution is 2.33. The van der Waals surface area contributed by atoms with E-state index < -0.39 is 0 Å². The van der Waals surface area contributed by atoms with Crippen molar-refractivity contribution < 1.29 is 5.11 Å². The van der Waals surface area contributed by atoms with Gasteiger partial charge in [0.1, 0.15) is 12.1 Å². The van der Waals surface area contributed by atoms with Crippen LogP contribution in [-0.4, -0.2) is 28.2 Å². The van der Waals surface area contributed by atoms with E-state index >= 15 is 0 Å². The summed E-state index contributed by atoms with van der Waals surface area (Å²) >= 11 is 0. The first-order valence-electron chi connectivity index (χ1n) is 5.57. The van der Waals surface area contributed by atoms with Crippen molar-refractivity contribution in [2.45, 2.75) is 31.6 Å². The first-order chi connectivity index (χ1) is 7.40. The molecule has 0 bridgehead atoms. The minimum atomic E-state index is 0.128. The summed E-state index contributed by atoms with van der Waals surface area (Å²) in [6, 6.07) is 2.01. The third kappa shape index (κ3) is 2.65. The number of nitrogens with zero attached hydrogens (tertiary/aromatic N) is 2. The van der Waals surface area contributed by atoms with E-state index in [-0.39, 0.29) is 6.61 Å². The van der Waals surface area contributed by atoms with Gasteiger partial charge in [-0.2, -0.15) is 0 Å². The summed E-state index contributed by atoms with van der Waals surface area (Å²) in [6.45, 7) is 0.671. The Morgan fingerprint density at radius 3 is 2.87 bits per heavy atom. The van der Waals surface area contributed by atoms with Gasteiger partial charge in [-0.25, -0.2) is 9.97 Å². The van der Waals surface area contributed by atoms with E-state index in [0.29, 0.717) is 12.5 Å². The van der Waals surface area contributed by atoms with Gasteiger partial charge in [-0.3, -0.25) is 0 Å². The second-order valence-corrected chi connectivity index (χ2v) is 3.96. The molecule has 0 atom stereocenters. The molecule has 1 aliphatic carbocycles. The topological polar surface area (TPSA) is 58.0 Å². The Balaban J connectivity index is 2.04. The zero-order chi connectivity index (χ0) is 10.5. The number of anilines is 1. The van der Waals surface area contributed by atoms with Gasteiger partial charge in [0, 0.05) is 24.2 Å². The maximum atomic E-state index is 8.70. The number of hydrogen-bond donors (Lipinski definition) is 2. The molecule has 4 nitrogen and oxygen atoms in total. The highest BCUT2D eigenvalue weighted by atomic mass is 16.3. The minimum Gasteiger partial charge on any atom is -0.395 e. The summed E-state index contributed by atoms with van der Waals surface area (Å²) in [5, 5.41) is 11.8. The summed E-state index contributed by atoms with van der Waals surface area (Å²) < 4.78 is 0. The summed E-state index contributed by atoms with van der Waals surface area (Å²) in [5.74, 6) is 1.43. The van der Waals surface area contributed by atoms with Crippen LogP contribution in [0.25, 0.3) is 0 Å². The molecule has 4 heteroatoms. The van der Waals surface area contributed by atoms with Crippen LogP contribution in [0.15, 0.2) is 12.4 Å². The fraction of sp³-hybridized carbons (Fsp3) is 0.636. The molecule has 1 aliphatic rings. The van der Waals surface area contributed by atoms with Crippen molar-refractivity contribution >= 4 is 5.82 Å². The van der Waals surface area contributed by atoms with E-state index in [1.807, 2.05) is 6.07 Å². The summed E-state index contributed by atoms with van der Waals surface area (Å²) in [6.07, 6.45) is 6.72. The van der Waals surface area contributed by atoms with Gasteiger partial charge in [0.25, 0.3) is 0 Å². The Labute approximate surface area is 89.8 Å². The molecule has 1 fully saturated rings. The fourth-order valence-corrected chi connectivity index (χ4v) is 2.10. The molecule has 1 saturated carbocycles. The molecule has 82 valence electrons. The van der Waals surface area contributed by atoms with Crippen LogP contribution in [-0.2, 0) is 0 Å². The monoisotopic (exact) mass is 207 g/mol. The molecule has 1 aromatic rings. The Hall–Kier alpha value is -1.16. The van der Waals surface area contributed by atoms with E-state index in [1.165, 1.54) is 25.7 Å². The second kappa shape index (κ2) is 5.07. The number of nitrogens with one attached hydrogen (secondary N) is 1. The van der Waals surface area contributed by atoms with E-state index in [9.17, 15) is 0 Å². The molecule has 15 heavy (non-hydrogen) atoms. The Morgan fingerprint density at radius 1 is 1.33 bits per heavy atom. The number of hydrogen-bond acceptors (Lipinski definition) is 4. The van der Waals surface area contributed by atoms with E-state index in [2.05, 4.69) is 15.3 Å². The number of aliphatic hydroxyl groups excluding tert-OH is 1. The van der Waals surface area contributed by atoms with Crippen LogP contribution < -0.4 is 5.32 Å². The van der Waals surface area contributed by atoms with Crippen LogP contribution in [0.3, 0.4) is 0 Å². The zero-order valence-corrected chi connectivity index (χ0v) is 8.82. The van der Waals surface area contributed by atoms with Crippen LogP contribution in [0.4, 0.5) is 5.82 Å². The quantitative estimate of drug-likeness (QED) is 0.786. The molecule has 0 radical (unpaired) electrons. The maximum absolute atomic E-state index is 8.70. The van der Waals surface area contributed by atoms with Crippen molar-refractivity contribution in [3.05, 3.63) is 18.1 Å². The largest absolute Gasteiger partial charge is 0.395 e. The number of rotatable bonds is 4. The van der Waals surface area contributed by atoms with Crippen molar-refractivity contribution in [3.8, 4) is 0 Å². The normalized spacial score (nSPS) is 16.9. The average Bonchev–Trinajstić information content (AvgIpc) is 2.80. The van der Waals surface area contributed by atoms with Gasteiger partial charge in [-0.05, 0) is 12.8 Å². The molecule has 2 N–H and O–H groups in total. The number of aliphatic hydroxyl groups is 1. The average molecular weight is 207 g/mol. The van der Waals surface area contributed by atoms with Gasteiger partial charge in [0.15, 0.2) is 0 Å². The van der Waals surface area contributed by atoms with E-state index in [4.69, 9.17) is 5.11 Å². The van der Waals surface area contributed by atoms with Crippen LogP contribution in [0, 0.1) is 0 Å². The molecule has 0 aromatic carbocycles. The Bertz CT molecular complexity index is 310. The van der Waals surface area contributed by atoms with Crippen LogP contribution >= 0.6 is 0 Å². The van der Waals surface area contributed by atoms with E-state index in [0.717, 1.165) is 11.5 Å². The van der Waals surface area contributed by atoms with Crippen molar-refractivity contribution in [3.63, 3.8) is 0 Å². The predicted octanol–water partition coefficient (Wildman–Crippen LogP) is 1.54. The third-order valence-corrected chi connectivity index (χ3v) is 2.88. The van der Waals surface area contributed by atoms with Gasteiger partial charge in [-0.15, -0.1) is 0 Å². The molecule has 0 saturated heterocycles. The van der Waals surface area contributed by atoms with Crippen LogP contribution in [0.5, 0.6) is 0 Å². The smallest absolute Gasteiger partial charge is 0.129 e. The maximum Gasteiger partial charge on any atom is 0.129 e. The standard InChI is InChI=1S/C11H17N3O/c15-6-5-12-11-7-10(13-8-14-11)9-3-1-2-4-9/h7-9,15H,1-6H2,(H,12,13,14). The lowest BCUT2D eigenvalue weighted by Crippen LogP contribution is -2.08. The molecule has 0 unspecified atom stereocenters. The predicted molar refractivity (Wildman–Crippen MR) is 58.8 cm³/mol. The summed E-state index contributed by atoms with van der Waals surface area (Å²) in [4.78, 5) is 8.43. The highest BCUT2D eigenvalue weighted by Gasteiger charge is 2.18. The zero-order valence-electron chi connectivity index (χ0n) is 8.82. The van der Waals surface area contributed by atoms with Gasteiger partial charge in [-0.1, -0.05) is 12.8 Å². The second-order valence-electron chi connectivity index (χ2n) is 3.96. The molecule has 0 amide bonds. The summed E-state index contributed by atoms with van der Waals surface area (Å²) in [5.41, 5.74) is 1.14. The molecule has 0 spiro atoms. The first kappa shape index (κ1) is 10.4. The molecular weight excluding hydrogens is 190 g/mol. The third-order valence-electron chi connectivity index (χ3n) is 2.88. The minimum absolute atomic E-state index is 0.128. The van der Waals surface area contributed by atoms with Crippen molar-refractivity contribution in [1.29, 1.82) is 0 Å². The molecule has 1 heterocycles. The highest BCUT2D eigenvalue weighted by molar-refractivity contribution is 5.35. The van der Waals surface area contributed by atoms with Crippen molar-refractivity contribution in [2.75, 3.05) is 18.5 Å². The fourth-order valence-electron chi connectivity index (χ4n) is 2.10. The van der Waals surface area contributed by atoms with Crippen LogP contribution in [0.2, 0.25) is 0 Å². The van der Waals surface area contributed by atoms with Crippen LogP contribution in [0.1, 0.15) is 37.3 Å². The number of aromatic nitrogens is 2. The lowest BCUT2D eigenvalue weighted by molar-refractivity contribution is 0.311. The van der Waals surface area contributed by atoms with E-state index in [1.54, 1.807) is 6.33 Å². The molecule has 2 rings (SSSR count). The Morgan fingerprint density at radius 2 is 2.13 bits per heavy atom. The van der Waals surface area contributed by atoms with Gasteiger partial charge in [0.05, 0.1) is 6.61 Å². The van der Waals surface area contributed by atoms with Gasteiger partial charge in [0.2, 0.25) is 0 Å².